The average Bonchev–Trinajstić information content (AvgIpc) is 2.64. The number of hydrogen-bond acceptors (Lipinski definition) is 4. The van der Waals surface area contributed by atoms with Crippen molar-refractivity contribution in [2.45, 2.75) is 39.8 Å². The van der Waals surface area contributed by atoms with Crippen molar-refractivity contribution in [1.82, 2.24) is 15.5 Å². The lowest BCUT2D eigenvalue weighted by Gasteiger charge is -2.41. The summed E-state index contributed by atoms with van der Waals surface area (Å²) in [6.45, 7) is 13.7. The van der Waals surface area contributed by atoms with E-state index in [4.69, 9.17) is 9.73 Å². The normalized spacial score (nSPS) is 15.5. The summed E-state index contributed by atoms with van der Waals surface area (Å²) in [5, 5.41) is 9.57. The highest BCUT2D eigenvalue weighted by Gasteiger charge is 2.28. The molecule has 1 aliphatic heterocycles. The van der Waals surface area contributed by atoms with Gasteiger partial charge in [-0.3, -0.25) is 9.69 Å². The first-order chi connectivity index (χ1) is 12.9. The van der Waals surface area contributed by atoms with Gasteiger partial charge in [-0.05, 0) is 38.5 Å². The Hall–Kier alpha value is -1.39. The van der Waals surface area contributed by atoms with E-state index in [1.165, 1.54) is 6.92 Å². The van der Waals surface area contributed by atoms with Crippen LogP contribution in [0.2, 0.25) is 0 Å². The van der Waals surface area contributed by atoms with E-state index in [0.717, 1.165) is 56.6 Å². The minimum absolute atomic E-state index is 0. The number of morpholine rings is 1. The van der Waals surface area contributed by atoms with Crippen molar-refractivity contribution in [3.8, 4) is 0 Å². The van der Waals surface area contributed by atoms with Gasteiger partial charge in [0.25, 0.3) is 0 Å². The van der Waals surface area contributed by atoms with E-state index in [1.807, 2.05) is 24.3 Å². The van der Waals surface area contributed by atoms with Gasteiger partial charge in [-0.2, -0.15) is 0 Å². The monoisotopic (exact) mass is 503 g/mol. The smallest absolute Gasteiger partial charge is 0.221 e. The molecule has 158 valence electrons. The van der Waals surface area contributed by atoms with Gasteiger partial charge in [0, 0.05) is 44.3 Å². The van der Waals surface area contributed by atoms with Crippen LogP contribution in [-0.4, -0.2) is 61.7 Å². The summed E-state index contributed by atoms with van der Waals surface area (Å²) < 4.78 is 5.46. The Balaban J connectivity index is 0.00000392. The minimum Gasteiger partial charge on any atom is -0.379 e. The number of amides is 1. The lowest BCUT2D eigenvalue weighted by Crippen LogP contribution is -2.56. The first-order valence-corrected chi connectivity index (χ1v) is 9.62. The minimum atomic E-state index is -0.0731. The molecular formula is C20H34IN5O2. The van der Waals surface area contributed by atoms with Crippen molar-refractivity contribution >= 4 is 41.5 Å². The van der Waals surface area contributed by atoms with E-state index in [0.29, 0.717) is 6.54 Å². The quantitative estimate of drug-likeness (QED) is 0.303. The molecule has 1 heterocycles. The van der Waals surface area contributed by atoms with Crippen molar-refractivity contribution in [2.75, 3.05) is 44.7 Å². The Morgan fingerprint density at radius 2 is 1.96 bits per heavy atom. The van der Waals surface area contributed by atoms with E-state index < -0.39 is 0 Å². The third-order valence-corrected chi connectivity index (χ3v) is 4.57. The summed E-state index contributed by atoms with van der Waals surface area (Å²) in [4.78, 5) is 18.4. The molecule has 1 saturated heterocycles. The highest BCUT2D eigenvalue weighted by Crippen LogP contribution is 2.15. The molecule has 1 aliphatic rings. The van der Waals surface area contributed by atoms with Gasteiger partial charge in [0.15, 0.2) is 5.96 Å². The maximum absolute atomic E-state index is 11.2. The van der Waals surface area contributed by atoms with Crippen LogP contribution in [0.3, 0.4) is 0 Å². The largest absolute Gasteiger partial charge is 0.379 e. The van der Waals surface area contributed by atoms with Gasteiger partial charge in [0.1, 0.15) is 0 Å². The van der Waals surface area contributed by atoms with Gasteiger partial charge in [0.05, 0.1) is 19.8 Å². The standard InChI is InChI=1S/C20H33N5O2.HI/c1-5-21-19(23-15-20(3,4)25-9-11-27-12-10-25)22-14-17-7-6-8-18(13-17)24-16(2)26;/h6-8,13H,5,9-12,14-15H2,1-4H3,(H,24,26)(H2,21,22,23);1H. The van der Waals surface area contributed by atoms with Crippen molar-refractivity contribution in [3.63, 3.8) is 0 Å². The van der Waals surface area contributed by atoms with E-state index >= 15 is 0 Å². The summed E-state index contributed by atoms with van der Waals surface area (Å²) in [5.41, 5.74) is 1.86. The Kier molecular flexibility index (Phi) is 10.8. The zero-order chi connectivity index (χ0) is 19.7. The Morgan fingerprint density at radius 1 is 1.25 bits per heavy atom. The fraction of sp³-hybridized carbons (Fsp3) is 0.600. The van der Waals surface area contributed by atoms with Crippen LogP contribution < -0.4 is 16.0 Å². The van der Waals surface area contributed by atoms with Crippen LogP contribution in [0.4, 0.5) is 5.69 Å². The highest BCUT2D eigenvalue weighted by atomic mass is 127. The van der Waals surface area contributed by atoms with Gasteiger partial charge < -0.3 is 20.7 Å². The van der Waals surface area contributed by atoms with Crippen LogP contribution in [0.1, 0.15) is 33.3 Å². The molecule has 0 unspecified atom stereocenters. The van der Waals surface area contributed by atoms with Crippen LogP contribution >= 0.6 is 24.0 Å². The van der Waals surface area contributed by atoms with Gasteiger partial charge in [-0.25, -0.2) is 4.99 Å². The molecule has 1 fully saturated rings. The Morgan fingerprint density at radius 3 is 2.61 bits per heavy atom. The highest BCUT2D eigenvalue weighted by molar-refractivity contribution is 14.0. The third kappa shape index (κ3) is 8.32. The second-order valence-corrected chi connectivity index (χ2v) is 7.34. The molecule has 8 heteroatoms. The first kappa shape index (κ1) is 24.6. The van der Waals surface area contributed by atoms with Crippen LogP contribution in [0.5, 0.6) is 0 Å². The van der Waals surface area contributed by atoms with Crippen molar-refractivity contribution in [3.05, 3.63) is 29.8 Å². The average molecular weight is 503 g/mol. The first-order valence-electron chi connectivity index (χ1n) is 9.62. The van der Waals surface area contributed by atoms with Crippen molar-refractivity contribution in [1.29, 1.82) is 0 Å². The fourth-order valence-electron chi connectivity index (χ4n) is 3.04. The van der Waals surface area contributed by atoms with Crippen LogP contribution in [0.25, 0.3) is 0 Å². The molecule has 0 aromatic heterocycles. The third-order valence-electron chi connectivity index (χ3n) is 4.57. The molecule has 28 heavy (non-hydrogen) atoms. The Bertz CT molecular complexity index is 645. The van der Waals surface area contributed by atoms with Gasteiger partial charge in [0.2, 0.25) is 5.91 Å². The van der Waals surface area contributed by atoms with Gasteiger partial charge in [-0.15, -0.1) is 24.0 Å². The summed E-state index contributed by atoms with van der Waals surface area (Å²) in [7, 11) is 0. The summed E-state index contributed by atoms with van der Waals surface area (Å²) >= 11 is 0. The summed E-state index contributed by atoms with van der Waals surface area (Å²) in [6, 6.07) is 7.77. The van der Waals surface area contributed by atoms with Crippen molar-refractivity contribution in [2.24, 2.45) is 4.99 Å². The molecular weight excluding hydrogens is 469 g/mol. The SMILES string of the molecule is CCNC(=NCc1cccc(NC(C)=O)c1)NCC(C)(C)N1CCOCC1.I. The number of ether oxygens (including phenoxy) is 1. The molecule has 0 saturated carbocycles. The van der Waals surface area contributed by atoms with Gasteiger partial charge >= 0.3 is 0 Å². The second kappa shape index (κ2) is 12.2. The molecule has 1 aromatic carbocycles. The number of nitrogens with one attached hydrogen (secondary N) is 3. The summed E-state index contributed by atoms with van der Waals surface area (Å²) in [5.74, 6) is 0.722. The number of benzene rings is 1. The molecule has 3 N–H and O–H groups in total. The van der Waals surface area contributed by atoms with E-state index in [-0.39, 0.29) is 35.4 Å². The predicted molar refractivity (Wildman–Crippen MR) is 125 cm³/mol. The maximum atomic E-state index is 11.2. The topological polar surface area (TPSA) is 78.0 Å². The van der Waals surface area contributed by atoms with Crippen LogP contribution in [0.15, 0.2) is 29.3 Å². The molecule has 0 atom stereocenters. The molecule has 1 aromatic rings. The molecule has 1 amide bonds. The molecule has 0 spiro atoms. The van der Waals surface area contributed by atoms with Crippen LogP contribution in [-0.2, 0) is 16.1 Å². The van der Waals surface area contributed by atoms with E-state index in [1.54, 1.807) is 0 Å². The molecule has 0 radical (unpaired) electrons. The molecule has 7 nitrogen and oxygen atoms in total. The number of carbonyl (C=O) groups excluding carboxylic acids is 1. The molecule has 0 aliphatic carbocycles. The zero-order valence-electron chi connectivity index (χ0n) is 17.4. The number of halogens is 1. The number of aliphatic imine (C=N–C) groups is 1. The number of guanidine groups is 1. The van der Waals surface area contributed by atoms with Gasteiger partial charge in [-0.1, -0.05) is 12.1 Å². The lowest BCUT2D eigenvalue weighted by molar-refractivity contribution is -0.114. The Labute approximate surface area is 185 Å². The predicted octanol–water partition coefficient (Wildman–Crippen LogP) is 2.43. The summed E-state index contributed by atoms with van der Waals surface area (Å²) in [6.07, 6.45) is 0. The zero-order valence-corrected chi connectivity index (χ0v) is 19.7. The van der Waals surface area contributed by atoms with E-state index in [9.17, 15) is 4.79 Å². The number of hydrogen-bond donors (Lipinski definition) is 3. The van der Waals surface area contributed by atoms with E-state index in [2.05, 4.69) is 41.6 Å². The molecule has 0 bridgehead atoms. The van der Waals surface area contributed by atoms with Crippen molar-refractivity contribution < 1.29 is 9.53 Å². The lowest BCUT2D eigenvalue weighted by atomic mass is 10.0. The molecule has 2 rings (SSSR count). The second-order valence-electron chi connectivity index (χ2n) is 7.34. The number of carbonyl (C=O) groups is 1. The number of nitrogens with zero attached hydrogens (tertiary/aromatic N) is 2. The maximum Gasteiger partial charge on any atom is 0.221 e. The fourth-order valence-corrected chi connectivity index (χ4v) is 3.04. The number of rotatable bonds is 7. The van der Waals surface area contributed by atoms with Crippen LogP contribution in [0, 0.1) is 0 Å². The number of anilines is 1.